The normalized spacial score (nSPS) is 10.8. The lowest BCUT2D eigenvalue weighted by Gasteiger charge is -1.93. The first-order chi connectivity index (χ1) is 5.79. The number of fused-ring (bicyclic) bond motifs is 1. The maximum atomic E-state index is 5.72. The highest BCUT2D eigenvalue weighted by molar-refractivity contribution is 6.17. The molecule has 0 spiro atoms. The van der Waals surface area contributed by atoms with Crippen LogP contribution in [0.15, 0.2) is 24.3 Å². The van der Waals surface area contributed by atoms with Gasteiger partial charge < -0.3 is 4.98 Å². The Morgan fingerprint density at radius 1 is 1.33 bits per heavy atom. The number of alkyl halides is 1. The van der Waals surface area contributed by atoms with Crippen molar-refractivity contribution in [3.63, 3.8) is 0 Å². The van der Waals surface area contributed by atoms with Gasteiger partial charge in [-0.15, -0.1) is 11.6 Å². The van der Waals surface area contributed by atoms with Crippen molar-refractivity contribution >= 4 is 22.5 Å². The summed E-state index contributed by atoms with van der Waals surface area (Å²) in [7, 11) is 0. The van der Waals surface area contributed by atoms with E-state index in [4.69, 9.17) is 11.6 Å². The second-order valence-corrected chi connectivity index (χ2v) is 3.27. The number of hydrogen-bond acceptors (Lipinski definition) is 0. The number of nitrogens with one attached hydrogen (secondary N) is 1. The summed E-state index contributed by atoms with van der Waals surface area (Å²) in [5, 5.41) is 1.24. The molecule has 2 rings (SSSR count). The van der Waals surface area contributed by atoms with Crippen LogP contribution in [-0.2, 0) is 5.88 Å². The Bertz CT molecular complexity index is 403. The Morgan fingerprint density at radius 2 is 2.17 bits per heavy atom. The average Bonchev–Trinajstić information content (AvgIpc) is 2.43. The van der Waals surface area contributed by atoms with Crippen LogP contribution in [0.4, 0.5) is 0 Å². The van der Waals surface area contributed by atoms with Gasteiger partial charge in [-0.1, -0.05) is 6.07 Å². The highest BCUT2D eigenvalue weighted by Crippen LogP contribution is 2.17. The summed E-state index contributed by atoms with van der Waals surface area (Å²) in [6.45, 7) is 2.06. The maximum absolute atomic E-state index is 5.72. The summed E-state index contributed by atoms with van der Waals surface area (Å²) in [6, 6.07) is 8.36. The summed E-state index contributed by atoms with van der Waals surface area (Å²) < 4.78 is 0. The van der Waals surface area contributed by atoms with Gasteiger partial charge in [0.2, 0.25) is 0 Å². The van der Waals surface area contributed by atoms with Crippen molar-refractivity contribution in [1.82, 2.24) is 4.98 Å². The standard InChI is InChI=1S/C10H10ClN/c1-7-4-9-5-8(6-11)2-3-10(9)12-7/h2-5,12H,6H2,1H3. The quantitative estimate of drug-likeness (QED) is 0.647. The Labute approximate surface area is 76.4 Å². The first-order valence-electron chi connectivity index (χ1n) is 3.94. The van der Waals surface area contributed by atoms with Crippen LogP contribution in [0.25, 0.3) is 10.9 Å². The molecule has 12 heavy (non-hydrogen) atoms. The Balaban J connectivity index is 2.66. The fraction of sp³-hybridized carbons (Fsp3) is 0.200. The zero-order valence-corrected chi connectivity index (χ0v) is 7.65. The van der Waals surface area contributed by atoms with Crippen LogP contribution >= 0.6 is 11.6 Å². The molecule has 0 aliphatic carbocycles. The van der Waals surface area contributed by atoms with Crippen molar-refractivity contribution in [3.8, 4) is 0 Å². The third-order valence-electron chi connectivity index (χ3n) is 1.97. The van der Waals surface area contributed by atoms with Gasteiger partial charge in [-0.3, -0.25) is 0 Å². The Kier molecular flexibility index (Phi) is 1.81. The molecule has 1 N–H and O–H groups in total. The molecule has 0 aliphatic heterocycles. The number of halogens is 1. The highest BCUT2D eigenvalue weighted by Gasteiger charge is 1.97. The zero-order chi connectivity index (χ0) is 8.55. The highest BCUT2D eigenvalue weighted by atomic mass is 35.5. The smallest absolute Gasteiger partial charge is 0.0474 e. The van der Waals surface area contributed by atoms with Crippen molar-refractivity contribution in [2.24, 2.45) is 0 Å². The largest absolute Gasteiger partial charge is 0.359 e. The van der Waals surface area contributed by atoms with Crippen molar-refractivity contribution in [2.45, 2.75) is 12.8 Å². The summed E-state index contributed by atoms with van der Waals surface area (Å²) in [4.78, 5) is 3.27. The molecule has 0 aliphatic rings. The van der Waals surface area contributed by atoms with E-state index in [0.717, 1.165) is 0 Å². The number of rotatable bonds is 1. The van der Waals surface area contributed by atoms with Crippen LogP contribution < -0.4 is 0 Å². The van der Waals surface area contributed by atoms with Gasteiger partial charge in [0.05, 0.1) is 0 Å². The molecule has 1 heterocycles. The van der Waals surface area contributed by atoms with Crippen LogP contribution in [0.5, 0.6) is 0 Å². The first kappa shape index (κ1) is 7.69. The minimum Gasteiger partial charge on any atom is -0.359 e. The van der Waals surface area contributed by atoms with Gasteiger partial charge in [-0.2, -0.15) is 0 Å². The predicted molar refractivity (Wildman–Crippen MR) is 52.6 cm³/mol. The predicted octanol–water partition coefficient (Wildman–Crippen LogP) is 3.22. The Morgan fingerprint density at radius 3 is 2.92 bits per heavy atom. The monoisotopic (exact) mass is 179 g/mol. The van der Waals surface area contributed by atoms with Gasteiger partial charge in [0.25, 0.3) is 0 Å². The number of aryl methyl sites for hydroxylation is 1. The molecule has 0 amide bonds. The first-order valence-corrected chi connectivity index (χ1v) is 4.47. The zero-order valence-electron chi connectivity index (χ0n) is 6.89. The lowest BCUT2D eigenvalue weighted by Crippen LogP contribution is -1.75. The average molecular weight is 180 g/mol. The van der Waals surface area contributed by atoms with E-state index in [-0.39, 0.29) is 0 Å². The van der Waals surface area contributed by atoms with Gasteiger partial charge >= 0.3 is 0 Å². The summed E-state index contributed by atoms with van der Waals surface area (Å²) in [5.74, 6) is 0.583. The topological polar surface area (TPSA) is 15.8 Å². The SMILES string of the molecule is Cc1cc2cc(CCl)ccc2[nH]1. The molecule has 0 saturated carbocycles. The molecule has 0 radical (unpaired) electrons. The fourth-order valence-electron chi connectivity index (χ4n) is 1.41. The second-order valence-electron chi connectivity index (χ2n) is 3.01. The molecular weight excluding hydrogens is 170 g/mol. The van der Waals surface area contributed by atoms with Gasteiger partial charge in [-0.25, -0.2) is 0 Å². The molecule has 1 aromatic heterocycles. The third kappa shape index (κ3) is 1.21. The van der Waals surface area contributed by atoms with Crippen LogP contribution in [-0.4, -0.2) is 4.98 Å². The molecule has 2 aromatic rings. The molecule has 0 unspecified atom stereocenters. The van der Waals surface area contributed by atoms with Gasteiger partial charge in [0, 0.05) is 17.1 Å². The molecule has 2 heteroatoms. The number of benzene rings is 1. The second kappa shape index (κ2) is 2.83. The van der Waals surface area contributed by atoms with Crippen LogP contribution in [0.2, 0.25) is 0 Å². The van der Waals surface area contributed by atoms with Crippen molar-refractivity contribution in [2.75, 3.05) is 0 Å². The van der Waals surface area contributed by atoms with E-state index in [9.17, 15) is 0 Å². The molecule has 1 aromatic carbocycles. The van der Waals surface area contributed by atoms with Crippen LogP contribution in [0, 0.1) is 6.92 Å². The van der Waals surface area contributed by atoms with Crippen molar-refractivity contribution in [3.05, 3.63) is 35.5 Å². The molecular formula is C10H10ClN. The number of hydrogen-bond donors (Lipinski definition) is 1. The minimum absolute atomic E-state index is 0.583. The molecule has 1 nitrogen and oxygen atoms in total. The summed E-state index contributed by atoms with van der Waals surface area (Å²) >= 11 is 5.72. The summed E-state index contributed by atoms with van der Waals surface area (Å²) in [6.07, 6.45) is 0. The van der Waals surface area contributed by atoms with Gasteiger partial charge in [0.1, 0.15) is 0 Å². The summed E-state index contributed by atoms with van der Waals surface area (Å²) in [5.41, 5.74) is 3.54. The van der Waals surface area contributed by atoms with E-state index >= 15 is 0 Å². The van der Waals surface area contributed by atoms with Gasteiger partial charge in [0.15, 0.2) is 0 Å². The molecule has 62 valence electrons. The molecule has 0 fully saturated rings. The molecule has 0 atom stereocenters. The Hall–Kier alpha value is -0.950. The number of aromatic amines is 1. The van der Waals surface area contributed by atoms with E-state index in [2.05, 4.69) is 30.1 Å². The van der Waals surface area contributed by atoms with E-state index in [1.54, 1.807) is 0 Å². The van der Waals surface area contributed by atoms with Crippen LogP contribution in [0.3, 0.4) is 0 Å². The number of H-pyrrole nitrogens is 1. The maximum Gasteiger partial charge on any atom is 0.0474 e. The minimum atomic E-state index is 0.583. The van der Waals surface area contributed by atoms with Crippen molar-refractivity contribution in [1.29, 1.82) is 0 Å². The third-order valence-corrected chi connectivity index (χ3v) is 2.28. The van der Waals surface area contributed by atoms with E-state index in [1.807, 2.05) is 6.07 Å². The van der Waals surface area contributed by atoms with E-state index < -0.39 is 0 Å². The molecule has 0 saturated heterocycles. The van der Waals surface area contributed by atoms with Crippen molar-refractivity contribution < 1.29 is 0 Å². The number of aromatic nitrogens is 1. The van der Waals surface area contributed by atoms with Crippen LogP contribution in [0.1, 0.15) is 11.3 Å². The lowest BCUT2D eigenvalue weighted by atomic mass is 10.2. The van der Waals surface area contributed by atoms with Gasteiger partial charge in [-0.05, 0) is 36.1 Å². The lowest BCUT2D eigenvalue weighted by molar-refractivity contribution is 1.30. The molecule has 0 bridgehead atoms. The van der Waals surface area contributed by atoms with E-state index in [1.165, 1.54) is 22.2 Å². The van der Waals surface area contributed by atoms with E-state index in [0.29, 0.717) is 5.88 Å². The fourth-order valence-corrected chi connectivity index (χ4v) is 1.58.